The Morgan fingerprint density at radius 3 is 2.95 bits per heavy atom. The molecule has 0 amide bonds. The van der Waals surface area contributed by atoms with E-state index in [2.05, 4.69) is 27.4 Å². The fraction of sp³-hybridized carbons (Fsp3) is 0.588. The van der Waals surface area contributed by atoms with Crippen molar-refractivity contribution in [3.05, 3.63) is 42.7 Å². The Morgan fingerprint density at radius 1 is 1.27 bits per heavy atom. The normalized spacial score (nSPS) is 27.6. The van der Waals surface area contributed by atoms with E-state index < -0.39 is 0 Å². The van der Waals surface area contributed by atoms with E-state index in [0.717, 1.165) is 52.5 Å². The zero-order valence-corrected chi connectivity index (χ0v) is 13.1. The summed E-state index contributed by atoms with van der Waals surface area (Å²) in [5.41, 5.74) is 1.03. The second-order valence-electron chi connectivity index (χ2n) is 6.18. The molecule has 2 saturated heterocycles. The molecule has 1 spiro atoms. The minimum absolute atomic E-state index is 0.222. The molecule has 2 fully saturated rings. The maximum atomic E-state index is 6.17. The molecule has 3 heterocycles. The molecule has 5 nitrogen and oxygen atoms in total. The van der Waals surface area contributed by atoms with Crippen LogP contribution in [0.2, 0.25) is 0 Å². The van der Waals surface area contributed by atoms with Gasteiger partial charge in [-0.15, -0.1) is 6.58 Å². The third kappa shape index (κ3) is 3.93. The predicted octanol–water partition coefficient (Wildman–Crippen LogP) is 1.17. The number of nitrogens with zero attached hydrogens (tertiary/aromatic N) is 3. The quantitative estimate of drug-likeness (QED) is 0.781. The van der Waals surface area contributed by atoms with Crippen LogP contribution >= 0.6 is 0 Å². The molecule has 0 saturated carbocycles. The van der Waals surface area contributed by atoms with Gasteiger partial charge >= 0.3 is 0 Å². The monoisotopic (exact) mass is 303 g/mol. The minimum atomic E-state index is -0.222. The van der Waals surface area contributed by atoms with Gasteiger partial charge in [0.05, 0.1) is 19.8 Å². The number of aromatic nitrogens is 1. The number of hydrogen-bond acceptors (Lipinski definition) is 5. The second-order valence-corrected chi connectivity index (χ2v) is 6.18. The number of morpholine rings is 1. The van der Waals surface area contributed by atoms with Gasteiger partial charge in [-0.2, -0.15) is 0 Å². The average molecular weight is 303 g/mol. The van der Waals surface area contributed by atoms with Gasteiger partial charge in [-0.05, 0) is 11.6 Å². The summed E-state index contributed by atoms with van der Waals surface area (Å²) < 4.78 is 12.0. The largest absolute Gasteiger partial charge is 0.377 e. The van der Waals surface area contributed by atoms with Crippen molar-refractivity contribution in [1.29, 1.82) is 0 Å². The first-order valence-corrected chi connectivity index (χ1v) is 7.96. The second kappa shape index (κ2) is 7.33. The van der Waals surface area contributed by atoms with Crippen LogP contribution in [0.5, 0.6) is 0 Å². The average Bonchev–Trinajstić information content (AvgIpc) is 2.71. The molecule has 0 radical (unpaired) electrons. The summed E-state index contributed by atoms with van der Waals surface area (Å²) in [6.07, 6.45) is 5.71. The number of pyridine rings is 1. The van der Waals surface area contributed by atoms with Crippen molar-refractivity contribution < 1.29 is 9.47 Å². The van der Waals surface area contributed by atoms with E-state index in [-0.39, 0.29) is 5.60 Å². The highest BCUT2D eigenvalue weighted by Crippen LogP contribution is 2.23. The van der Waals surface area contributed by atoms with Gasteiger partial charge in [-0.25, -0.2) is 0 Å². The molecular weight excluding hydrogens is 278 g/mol. The zero-order valence-electron chi connectivity index (χ0n) is 13.1. The van der Waals surface area contributed by atoms with Crippen molar-refractivity contribution in [2.45, 2.75) is 12.1 Å². The molecule has 1 aromatic heterocycles. The van der Waals surface area contributed by atoms with Crippen LogP contribution in [0, 0.1) is 0 Å². The molecule has 2 aliphatic rings. The first-order valence-electron chi connectivity index (χ1n) is 7.96. The highest BCUT2D eigenvalue weighted by atomic mass is 16.5. The van der Waals surface area contributed by atoms with Crippen LogP contribution in [0.25, 0.3) is 0 Å². The molecule has 3 rings (SSSR count). The molecule has 120 valence electrons. The van der Waals surface area contributed by atoms with Gasteiger partial charge in [-0.3, -0.25) is 14.8 Å². The van der Waals surface area contributed by atoms with Crippen LogP contribution in [0.3, 0.4) is 0 Å². The first-order chi connectivity index (χ1) is 10.8. The Bertz CT molecular complexity index is 482. The van der Waals surface area contributed by atoms with E-state index in [0.29, 0.717) is 6.61 Å². The fourth-order valence-electron chi connectivity index (χ4n) is 3.31. The fourth-order valence-corrected chi connectivity index (χ4v) is 3.31. The van der Waals surface area contributed by atoms with E-state index in [9.17, 15) is 0 Å². The zero-order chi connectivity index (χ0) is 15.3. The number of ether oxygens (including phenoxy) is 2. The van der Waals surface area contributed by atoms with Gasteiger partial charge < -0.3 is 9.47 Å². The Morgan fingerprint density at radius 2 is 2.14 bits per heavy atom. The lowest BCUT2D eigenvalue weighted by Gasteiger charge is -2.43. The van der Waals surface area contributed by atoms with E-state index in [1.165, 1.54) is 5.56 Å². The summed E-state index contributed by atoms with van der Waals surface area (Å²) in [4.78, 5) is 9.02. The lowest BCUT2D eigenvalue weighted by Crippen LogP contribution is -2.58. The van der Waals surface area contributed by atoms with E-state index >= 15 is 0 Å². The third-order valence-corrected chi connectivity index (χ3v) is 4.27. The Balaban J connectivity index is 1.66. The lowest BCUT2D eigenvalue weighted by molar-refractivity contribution is -0.142. The van der Waals surface area contributed by atoms with Gasteiger partial charge in [0.15, 0.2) is 0 Å². The summed E-state index contributed by atoms with van der Waals surface area (Å²) in [5, 5.41) is 0. The van der Waals surface area contributed by atoms with Gasteiger partial charge in [0, 0.05) is 51.7 Å². The molecule has 0 aliphatic carbocycles. The molecule has 0 aromatic carbocycles. The Hall–Kier alpha value is -1.27. The molecule has 2 aliphatic heterocycles. The summed E-state index contributed by atoms with van der Waals surface area (Å²) in [6.45, 7) is 11.5. The van der Waals surface area contributed by atoms with Crippen LogP contribution < -0.4 is 0 Å². The van der Waals surface area contributed by atoms with Crippen molar-refractivity contribution in [3.8, 4) is 0 Å². The van der Waals surface area contributed by atoms with Crippen molar-refractivity contribution >= 4 is 0 Å². The minimum Gasteiger partial charge on any atom is -0.377 e. The standard InChI is InChI=1S/C17H25N3O2/c1-2-6-19-7-9-21-15-17(13-19)14-20(8-10-22-17)12-16-4-3-5-18-11-16/h2-5,11H,1,6-10,12-15H2/t17-/m1/s1. The number of hydrogen-bond donors (Lipinski definition) is 0. The summed E-state index contributed by atoms with van der Waals surface area (Å²) >= 11 is 0. The van der Waals surface area contributed by atoms with Crippen molar-refractivity contribution in [1.82, 2.24) is 14.8 Å². The van der Waals surface area contributed by atoms with Crippen molar-refractivity contribution in [3.63, 3.8) is 0 Å². The molecule has 0 N–H and O–H groups in total. The molecule has 22 heavy (non-hydrogen) atoms. The van der Waals surface area contributed by atoms with E-state index in [1.807, 2.05) is 24.5 Å². The molecule has 0 unspecified atom stereocenters. The van der Waals surface area contributed by atoms with Crippen molar-refractivity contribution in [2.75, 3.05) is 52.5 Å². The van der Waals surface area contributed by atoms with Crippen LogP contribution in [-0.4, -0.2) is 72.9 Å². The maximum absolute atomic E-state index is 6.17. The van der Waals surface area contributed by atoms with Crippen molar-refractivity contribution in [2.24, 2.45) is 0 Å². The van der Waals surface area contributed by atoms with Crippen LogP contribution in [-0.2, 0) is 16.0 Å². The Kier molecular flexibility index (Phi) is 5.20. The highest BCUT2D eigenvalue weighted by Gasteiger charge is 2.39. The maximum Gasteiger partial charge on any atom is 0.117 e. The van der Waals surface area contributed by atoms with Gasteiger partial charge in [0.25, 0.3) is 0 Å². The van der Waals surface area contributed by atoms with Crippen LogP contribution in [0.4, 0.5) is 0 Å². The first kappa shape index (κ1) is 15.6. The third-order valence-electron chi connectivity index (χ3n) is 4.27. The highest BCUT2D eigenvalue weighted by molar-refractivity contribution is 5.09. The summed E-state index contributed by atoms with van der Waals surface area (Å²) in [7, 11) is 0. The predicted molar refractivity (Wildman–Crippen MR) is 85.7 cm³/mol. The summed E-state index contributed by atoms with van der Waals surface area (Å²) in [5.74, 6) is 0. The topological polar surface area (TPSA) is 37.8 Å². The molecule has 1 atom stereocenters. The Labute approximate surface area is 132 Å². The van der Waals surface area contributed by atoms with Crippen LogP contribution in [0.1, 0.15) is 5.56 Å². The molecule has 0 bridgehead atoms. The molecule has 5 heteroatoms. The molecule has 1 aromatic rings. The number of rotatable bonds is 4. The SMILES string of the molecule is C=CCN1CCOC[C@@]2(C1)CN(Cc1cccnc1)CCO2. The smallest absolute Gasteiger partial charge is 0.117 e. The summed E-state index contributed by atoms with van der Waals surface area (Å²) in [6, 6.07) is 4.12. The van der Waals surface area contributed by atoms with Gasteiger partial charge in [-0.1, -0.05) is 12.1 Å². The van der Waals surface area contributed by atoms with Crippen LogP contribution in [0.15, 0.2) is 37.2 Å². The van der Waals surface area contributed by atoms with Gasteiger partial charge in [0.2, 0.25) is 0 Å². The molecular formula is C17H25N3O2. The van der Waals surface area contributed by atoms with E-state index in [1.54, 1.807) is 0 Å². The van der Waals surface area contributed by atoms with Gasteiger partial charge in [0.1, 0.15) is 5.60 Å². The van der Waals surface area contributed by atoms with E-state index in [4.69, 9.17) is 9.47 Å². The lowest BCUT2D eigenvalue weighted by atomic mass is 10.0.